The molecule has 0 atom stereocenters. The highest BCUT2D eigenvalue weighted by atomic mass is 35.5. The number of benzene rings is 2. The second kappa shape index (κ2) is 7.59. The van der Waals surface area contributed by atoms with Gasteiger partial charge in [-0.3, -0.25) is 0 Å². The van der Waals surface area contributed by atoms with Gasteiger partial charge in [0, 0.05) is 27.7 Å². The second-order valence-corrected chi connectivity index (χ2v) is 6.27. The van der Waals surface area contributed by atoms with Crippen molar-refractivity contribution >= 4 is 45.9 Å². The van der Waals surface area contributed by atoms with Crippen molar-refractivity contribution in [2.24, 2.45) is 10.9 Å². The van der Waals surface area contributed by atoms with E-state index in [1.54, 1.807) is 18.2 Å². The second-order valence-electron chi connectivity index (χ2n) is 5.42. The molecule has 0 aliphatic carbocycles. The third kappa shape index (κ3) is 4.13. The van der Waals surface area contributed by atoms with Crippen LogP contribution in [0, 0.1) is 0 Å². The van der Waals surface area contributed by atoms with Gasteiger partial charge in [-0.25, -0.2) is 4.79 Å². The van der Waals surface area contributed by atoms with Gasteiger partial charge in [0.1, 0.15) is 0 Å². The molecule has 0 saturated heterocycles. The lowest BCUT2D eigenvalue weighted by Gasteiger charge is -2.04. The molecule has 0 spiro atoms. The van der Waals surface area contributed by atoms with Gasteiger partial charge < -0.3 is 15.6 Å². The number of rotatable bonds is 5. The van der Waals surface area contributed by atoms with Crippen molar-refractivity contribution in [1.29, 1.82) is 0 Å². The van der Waals surface area contributed by atoms with Crippen molar-refractivity contribution in [3.05, 3.63) is 69.8 Å². The predicted molar refractivity (Wildman–Crippen MR) is 99.9 cm³/mol. The first-order chi connectivity index (χ1) is 12.0. The molecule has 0 bridgehead atoms. The molecule has 0 radical (unpaired) electrons. The summed E-state index contributed by atoms with van der Waals surface area (Å²) in [4.78, 5) is 19.9. The number of nitrogens with zero attached hydrogens (tertiary/aromatic N) is 1. The molecular weight excluding hydrogens is 361 g/mol. The van der Waals surface area contributed by atoms with Crippen LogP contribution in [0.5, 0.6) is 0 Å². The Labute approximate surface area is 154 Å². The van der Waals surface area contributed by atoms with Crippen LogP contribution in [0.2, 0.25) is 10.0 Å². The van der Waals surface area contributed by atoms with Gasteiger partial charge in [0.25, 0.3) is 0 Å². The highest BCUT2D eigenvalue weighted by Gasteiger charge is 2.10. The van der Waals surface area contributed by atoms with Crippen LogP contribution in [0.3, 0.4) is 0 Å². The van der Waals surface area contributed by atoms with Crippen LogP contribution in [0.1, 0.15) is 17.5 Å². The minimum Gasteiger partial charge on any atom is -0.380 e. The van der Waals surface area contributed by atoms with E-state index in [0.717, 1.165) is 16.5 Å². The fourth-order valence-electron chi connectivity index (χ4n) is 2.47. The van der Waals surface area contributed by atoms with E-state index in [1.165, 1.54) is 0 Å². The Bertz CT molecular complexity index is 950. The van der Waals surface area contributed by atoms with Crippen molar-refractivity contribution in [2.45, 2.75) is 12.8 Å². The SMILES string of the molecule is N/C(=N\OC(=O)CCc1c[nH]c2ccccc12)c1ccc(Cl)cc1Cl. The first-order valence-electron chi connectivity index (χ1n) is 7.58. The van der Waals surface area contributed by atoms with Crippen molar-refractivity contribution in [1.82, 2.24) is 4.98 Å². The number of nitrogens with two attached hydrogens (primary N) is 1. The molecule has 0 aliphatic rings. The van der Waals surface area contributed by atoms with Crippen LogP contribution >= 0.6 is 23.2 Å². The molecule has 0 saturated carbocycles. The Morgan fingerprint density at radius 1 is 1.20 bits per heavy atom. The molecule has 0 aliphatic heterocycles. The number of oxime groups is 1. The van der Waals surface area contributed by atoms with E-state index in [9.17, 15) is 4.79 Å². The summed E-state index contributed by atoms with van der Waals surface area (Å²) in [6, 6.07) is 12.7. The summed E-state index contributed by atoms with van der Waals surface area (Å²) >= 11 is 11.9. The monoisotopic (exact) mass is 375 g/mol. The summed E-state index contributed by atoms with van der Waals surface area (Å²) < 4.78 is 0. The van der Waals surface area contributed by atoms with Gasteiger partial charge in [-0.2, -0.15) is 0 Å². The first-order valence-corrected chi connectivity index (χ1v) is 8.34. The molecule has 128 valence electrons. The van der Waals surface area contributed by atoms with E-state index in [-0.39, 0.29) is 12.3 Å². The number of nitrogens with one attached hydrogen (secondary N) is 1. The summed E-state index contributed by atoms with van der Waals surface area (Å²) in [7, 11) is 0. The van der Waals surface area contributed by atoms with E-state index in [1.807, 2.05) is 30.5 Å². The predicted octanol–water partition coefficient (Wildman–Crippen LogP) is 4.27. The summed E-state index contributed by atoms with van der Waals surface area (Å²) in [6.45, 7) is 0. The van der Waals surface area contributed by atoms with Gasteiger partial charge in [0.15, 0.2) is 5.84 Å². The molecule has 1 aromatic heterocycles. The molecule has 5 nitrogen and oxygen atoms in total. The number of para-hydroxylation sites is 1. The summed E-state index contributed by atoms with van der Waals surface area (Å²) in [6.07, 6.45) is 2.62. The molecule has 0 fully saturated rings. The summed E-state index contributed by atoms with van der Waals surface area (Å²) in [5.41, 5.74) is 8.33. The Kier molecular flexibility index (Phi) is 5.26. The van der Waals surface area contributed by atoms with Gasteiger partial charge in [-0.15, -0.1) is 0 Å². The Hall–Kier alpha value is -2.50. The quantitative estimate of drug-likeness (QED) is 0.302. The van der Waals surface area contributed by atoms with Gasteiger partial charge in [-0.1, -0.05) is 46.6 Å². The normalized spacial score (nSPS) is 11.7. The zero-order valence-electron chi connectivity index (χ0n) is 13.1. The Morgan fingerprint density at radius 3 is 2.80 bits per heavy atom. The maximum absolute atomic E-state index is 11.9. The van der Waals surface area contributed by atoms with Crippen LogP contribution in [-0.4, -0.2) is 16.8 Å². The van der Waals surface area contributed by atoms with Gasteiger partial charge >= 0.3 is 5.97 Å². The molecule has 25 heavy (non-hydrogen) atoms. The molecule has 0 unspecified atom stereocenters. The van der Waals surface area contributed by atoms with Gasteiger partial charge in [0.05, 0.1) is 11.4 Å². The lowest BCUT2D eigenvalue weighted by atomic mass is 10.1. The number of halogens is 2. The van der Waals surface area contributed by atoms with E-state index < -0.39 is 5.97 Å². The number of H-pyrrole nitrogens is 1. The summed E-state index contributed by atoms with van der Waals surface area (Å²) in [5, 5.41) is 5.57. The average molecular weight is 376 g/mol. The highest BCUT2D eigenvalue weighted by molar-refractivity contribution is 6.36. The standard InChI is InChI=1S/C18H15Cl2N3O2/c19-12-6-7-14(15(20)9-12)18(21)23-25-17(24)8-5-11-10-22-16-4-2-1-3-13(11)16/h1-4,6-7,9-10,22H,5,8H2,(H2,21,23). The van der Waals surface area contributed by atoms with Crippen molar-refractivity contribution < 1.29 is 9.63 Å². The fraction of sp³-hybridized carbons (Fsp3) is 0.111. The third-order valence-corrected chi connectivity index (χ3v) is 4.27. The number of aromatic nitrogens is 1. The lowest BCUT2D eigenvalue weighted by molar-refractivity contribution is -0.143. The maximum Gasteiger partial charge on any atom is 0.335 e. The average Bonchev–Trinajstić information content (AvgIpc) is 3.01. The maximum atomic E-state index is 11.9. The topological polar surface area (TPSA) is 80.5 Å². The van der Waals surface area contributed by atoms with Gasteiger partial charge in [0.2, 0.25) is 0 Å². The number of carbonyl (C=O) groups is 1. The molecule has 3 rings (SSSR count). The fourth-order valence-corrected chi connectivity index (χ4v) is 2.97. The van der Waals surface area contributed by atoms with Crippen LogP contribution in [-0.2, 0) is 16.1 Å². The third-order valence-electron chi connectivity index (χ3n) is 3.73. The number of hydrogen-bond donors (Lipinski definition) is 2. The molecule has 7 heteroatoms. The van der Waals surface area contributed by atoms with Gasteiger partial charge in [-0.05, 0) is 36.2 Å². The first kappa shape index (κ1) is 17.3. The number of aromatic amines is 1. The summed E-state index contributed by atoms with van der Waals surface area (Å²) in [5.74, 6) is -0.458. The zero-order valence-corrected chi connectivity index (χ0v) is 14.6. The van der Waals surface area contributed by atoms with E-state index in [4.69, 9.17) is 33.8 Å². The smallest absolute Gasteiger partial charge is 0.335 e. The number of carbonyl (C=O) groups excluding carboxylic acids is 1. The van der Waals surface area contributed by atoms with E-state index >= 15 is 0 Å². The minimum absolute atomic E-state index is 0.0158. The number of aryl methyl sites for hydroxylation is 1. The van der Waals surface area contributed by atoms with Crippen LogP contribution < -0.4 is 5.73 Å². The Morgan fingerprint density at radius 2 is 2.00 bits per heavy atom. The number of fused-ring (bicyclic) bond motifs is 1. The Balaban J connectivity index is 1.60. The molecule has 2 aromatic carbocycles. The van der Waals surface area contributed by atoms with Crippen LogP contribution in [0.4, 0.5) is 0 Å². The molecule has 0 amide bonds. The largest absolute Gasteiger partial charge is 0.380 e. The minimum atomic E-state index is -0.474. The molecule has 3 aromatic rings. The molecular formula is C18H15Cl2N3O2. The highest BCUT2D eigenvalue weighted by Crippen LogP contribution is 2.21. The van der Waals surface area contributed by atoms with Crippen LogP contribution in [0.15, 0.2) is 53.8 Å². The van der Waals surface area contributed by atoms with Crippen molar-refractivity contribution in [3.63, 3.8) is 0 Å². The van der Waals surface area contributed by atoms with Crippen molar-refractivity contribution in [3.8, 4) is 0 Å². The lowest BCUT2D eigenvalue weighted by Crippen LogP contribution is -2.16. The zero-order chi connectivity index (χ0) is 17.8. The van der Waals surface area contributed by atoms with E-state index in [0.29, 0.717) is 22.0 Å². The van der Waals surface area contributed by atoms with Crippen LogP contribution in [0.25, 0.3) is 10.9 Å². The number of amidine groups is 1. The van der Waals surface area contributed by atoms with E-state index in [2.05, 4.69) is 10.1 Å². The van der Waals surface area contributed by atoms with Crippen molar-refractivity contribution in [2.75, 3.05) is 0 Å². The molecule has 3 N–H and O–H groups in total. The number of hydrogen-bond acceptors (Lipinski definition) is 3. The molecule has 1 heterocycles.